The van der Waals surface area contributed by atoms with E-state index in [2.05, 4.69) is 15.3 Å². The molecule has 2 aromatic rings. The van der Waals surface area contributed by atoms with Crippen molar-refractivity contribution in [1.29, 1.82) is 0 Å². The lowest BCUT2D eigenvalue weighted by Crippen LogP contribution is -2.03. The summed E-state index contributed by atoms with van der Waals surface area (Å²) in [5.74, 6) is -0.0733. The molecule has 0 saturated heterocycles. The summed E-state index contributed by atoms with van der Waals surface area (Å²) in [6, 6.07) is 7.63. The lowest BCUT2D eigenvalue weighted by atomic mass is 10.1. The number of hydrogen-bond donors (Lipinski definition) is 2. The molecular weight excluding hydrogens is 202 g/mol. The highest BCUT2D eigenvalue weighted by Gasteiger charge is 2.23. The van der Waals surface area contributed by atoms with Crippen LogP contribution in [0.2, 0.25) is 0 Å². The number of imidazole rings is 1. The molecule has 0 spiro atoms. The Kier molecular flexibility index (Phi) is 1.86. The Labute approximate surface area is 92.0 Å². The molecule has 1 amide bonds. The van der Waals surface area contributed by atoms with Gasteiger partial charge in [0.25, 0.3) is 5.91 Å². The number of carbonyl (C=O) groups excluding carboxylic acids is 1. The van der Waals surface area contributed by atoms with Crippen LogP contribution >= 0.6 is 0 Å². The van der Waals surface area contributed by atoms with Crippen LogP contribution in [0.1, 0.15) is 11.3 Å². The SMILES string of the molecule is O=C1Nc2ccccc2/C1=C/c1cnc[nH]1. The van der Waals surface area contributed by atoms with Crippen LogP contribution < -0.4 is 5.32 Å². The Morgan fingerprint density at radius 1 is 1.25 bits per heavy atom. The van der Waals surface area contributed by atoms with Crippen LogP contribution in [0.15, 0.2) is 36.8 Å². The van der Waals surface area contributed by atoms with E-state index in [-0.39, 0.29) is 5.91 Å². The van der Waals surface area contributed by atoms with E-state index in [0.717, 1.165) is 16.9 Å². The van der Waals surface area contributed by atoms with Crippen LogP contribution in [0.5, 0.6) is 0 Å². The smallest absolute Gasteiger partial charge is 0.256 e. The van der Waals surface area contributed by atoms with Crippen molar-refractivity contribution in [2.24, 2.45) is 0 Å². The minimum atomic E-state index is -0.0733. The van der Waals surface area contributed by atoms with Gasteiger partial charge in [0.2, 0.25) is 0 Å². The van der Waals surface area contributed by atoms with Crippen LogP contribution in [0.25, 0.3) is 11.6 Å². The third-order valence-corrected chi connectivity index (χ3v) is 2.53. The molecule has 2 heterocycles. The van der Waals surface area contributed by atoms with Gasteiger partial charge in [0.15, 0.2) is 0 Å². The van der Waals surface area contributed by atoms with Gasteiger partial charge in [-0.25, -0.2) is 4.98 Å². The molecule has 4 nitrogen and oxygen atoms in total. The number of H-pyrrole nitrogens is 1. The zero-order chi connectivity index (χ0) is 11.0. The molecule has 3 rings (SSSR count). The van der Waals surface area contributed by atoms with Crippen molar-refractivity contribution in [2.75, 3.05) is 5.32 Å². The van der Waals surface area contributed by atoms with Gasteiger partial charge in [-0.15, -0.1) is 0 Å². The largest absolute Gasteiger partial charge is 0.345 e. The molecule has 78 valence electrons. The molecule has 0 radical (unpaired) electrons. The fourth-order valence-electron chi connectivity index (χ4n) is 1.78. The summed E-state index contributed by atoms with van der Waals surface area (Å²) in [5.41, 5.74) is 3.28. The van der Waals surface area contributed by atoms with Crippen LogP contribution in [-0.4, -0.2) is 15.9 Å². The minimum absolute atomic E-state index is 0.0733. The van der Waals surface area contributed by atoms with Crippen molar-refractivity contribution in [3.63, 3.8) is 0 Å². The number of para-hydroxylation sites is 1. The summed E-state index contributed by atoms with van der Waals surface area (Å²) in [7, 11) is 0. The van der Waals surface area contributed by atoms with Crippen molar-refractivity contribution < 1.29 is 4.79 Å². The Balaban J connectivity index is 2.12. The Hall–Kier alpha value is -2.36. The molecule has 1 aliphatic heterocycles. The molecule has 0 fully saturated rings. The predicted octanol–water partition coefficient (Wildman–Crippen LogP) is 1.90. The first-order valence-electron chi connectivity index (χ1n) is 4.95. The van der Waals surface area contributed by atoms with E-state index in [1.807, 2.05) is 24.3 Å². The van der Waals surface area contributed by atoms with E-state index >= 15 is 0 Å². The van der Waals surface area contributed by atoms with E-state index in [9.17, 15) is 4.79 Å². The van der Waals surface area contributed by atoms with Gasteiger partial charge in [0, 0.05) is 11.3 Å². The van der Waals surface area contributed by atoms with Crippen LogP contribution in [0.4, 0.5) is 5.69 Å². The zero-order valence-electron chi connectivity index (χ0n) is 8.40. The van der Waals surface area contributed by atoms with Gasteiger partial charge in [0.1, 0.15) is 0 Å². The predicted molar refractivity (Wildman–Crippen MR) is 61.5 cm³/mol. The van der Waals surface area contributed by atoms with Crippen molar-refractivity contribution in [2.45, 2.75) is 0 Å². The van der Waals surface area contributed by atoms with Crippen molar-refractivity contribution >= 4 is 23.2 Å². The number of nitrogens with one attached hydrogen (secondary N) is 2. The zero-order valence-corrected chi connectivity index (χ0v) is 8.40. The Morgan fingerprint density at radius 2 is 2.12 bits per heavy atom. The fraction of sp³-hybridized carbons (Fsp3) is 0. The third-order valence-electron chi connectivity index (χ3n) is 2.53. The summed E-state index contributed by atoms with van der Waals surface area (Å²) >= 11 is 0. The molecule has 1 aliphatic rings. The van der Waals surface area contributed by atoms with Gasteiger partial charge in [-0.1, -0.05) is 18.2 Å². The molecule has 0 saturated carbocycles. The first-order chi connectivity index (χ1) is 7.84. The first kappa shape index (κ1) is 8.91. The summed E-state index contributed by atoms with van der Waals surface area (Å²) in [5, 5.41) is 2.82. The fourth-order valence-corrected chi connectivity index (χ4v) is 1.78. The van der Waals surface area contributed by atoms with Gasteiger partial charge in [0.05, 0.1) is 23.8 Å². The summed E-state index contributed by atoms with van der Waals surface area (Å²) in [4.78, 5) is 18.6. The van der Waals surface area contributed by atoms with Crippen molar-refractivity contribution in [3.05, 3.63) is 48.0 Å². The quantitative estimate of drug-likeness (QED) is 0.708. The number of carbonyl (C=O) groups is 1. The highest BCUT2D eigenvalue weighted by Crippen LogP contribution is 2.32. The topological polar surface area (TPSA) is 57.8 Å². The highest BCUT2D eigenvalue weighted by atomic mass is 16.2. The number of nitrogens with zero attached hydrogens (tertiary/aromatic N) is 1. The second-order valence-corrected chi connectivity index (χ2v) is 3.56. The Bertz CT molecular complexity index is 570. The lowest BCUT2D eigenvalue weighted by Gasteiger charge is -1.95. The summed E-state index contributed by atoms with van der Waals surface area (Å²) < 4.78 is 0. The van der Waals surface area contributed by atoms with Crippen molar-refractivity contribution in [3.8, 4) is 0 Å². The summed E-state index contributed by atoms with van der Waals surface area (Å²) in [6.07, 6.45) is 5.07. The van der Waals surface area contributed by atoms with Gasteiger partial charge in [-0.2, -0.15) is 0 Å². The second-order valence-electron chi connectivity index (χ2n) is 3.56. The van der Waals surface area contributed by atoms with Gasteiger partial charge < -0.3 is 10.3 Å². The molecule has 0 unspecified atom stereocenters. The normalized spacial score (nSPS) is 16.2. The number of anilines is 1. The maximum absolute atomic E-state index is 11.7. The minimum Gasteiger partial charge on any atom is -0.345 e. The van der Waals surface area contributed by atoms with Gasteiger partial charge >= 0.3 is 0 Å². The molecule has 4 heteroatoms. The standard InChI is InChI=1S/C12H9N3O/c16-12-10(5-8-6-13-7-14-8)9-3-1-2-4-11(9)15-12/h1-7H,(H,13,14)(H,15,16)/b10-5-. The molecule has 2 N–H and O–H groups in total. The second kappa shape index (κ2) is 3.34. The van der Waals surface area contributed by atoms with E-state index in [1.54, 1.807) is 18.6 Å². The van der Waals surface area contributed by atoms with Gasteiger partial charge in [-0.3, -0.25) is 4.79 Å². The van der Waals surface area contributed by atoms with E-state index in [0.29, 0.717) is 5.57 Å². The highest BCUT2D eigenvalue weighted by molar-refractivity contribution is 6.34. The average molecular weight is 211 g/mol. The van der Waals surface area contributed by atoms with Gasteiger partial charge in [-0.05, 0) is 12.1 Å². The van der Waals surface area contributed by atoms with E-state index in [1.165, 1.54) is 0 Å². The lowest BCUT2D eigenvalue weighted by molar-refractivity contribution is -0.110. The molecule has 1 aromatic heterocycles. The molecule has 0 atom stereocenters. The molecule has 1 aromatic carbocycles. The third kappa shape index (κ3) is 1.32. The Morgan fingerprint density at radius 3 is 2.94 bits per heavy atom. The molecular formula is C12H9N3O. The maximum Gasteiger partial charge on any atom is 0.256 e. The average Bonchev–Trinajstić information content (AvgIpc) is 2.89. The number of aromatic amines is 1. The monoisotopic (exact) mass is 211 g/mol. The van der Waals surface area contributed by atoms with Crippen molar-refractivity contribution in [1.82, 2.24) is 9.97 Å². The first-order valence-corrected chi connectivity index (χ1v) is 4.95. The number of aromatic nitrogens is 2. The summed E-state index contributed by atoms with van der Waals surface area (Å²) in [6.45, 7) is 0. The molecule has 16 heavy (non-hydrogen) atoms. The van der Waals surface area contributed by atoms with E-state index < -0.39 is 0 Å². The van der Waals surface area contributed by atoms with Crippen LogP contribution in [0.3, 0.4) is 0 Å². The molecule has 0 aliphatic carbocycles. The number of hydrogen-bond acceptors (Lipinski definition) is 2. The van der Waals surface area contributed by atoms with Crippen LogP contribution in [0, 0.1) is 0 Å². The van der Waals surface area contributed by atoms with Crippen LogP contribution in [-0.2, 0) is 4.79 Å². The number of rotatable bonds is 1. The number of fused-ring (bicyclic) bond motifs is 1. The number of amides is 1. The maximum atomic E-state index is 11.7. The van der Waals surface area contributed by atoms with E-state index in [4.69, 9.17) is 0 Å². The molecule has 0 bridgehead atoms. The number of benzene rings is 1.